The van der Waals surface area contributed by atoms with Gasteiger partial charge in [0.1, 0.15) is 0 Å². The minimum absolute atomic E-state index is 0.193. The largest absolute Gasteiger partial charge is 0.229 e. The van der Waals surface area contributed by atoms with E-state index in [4.69, 9.17) is 0 Å². The number of rotatable bonds is 3. The second kappa shape index (κ2) is 4.26. The van der Waals surface area contributed by atoms with Crippen LogP contribution in [0.5, 0.6) is 0 Å². The topological polar surface area (TPSA) is 34.1 Å². The number of benzene rings is 1. The Balaban J connectivity index is 3.11. The molecule has 0 heterocycles. The molecule has 0 aliphatic rings. The van der Waals surface area contributed by atoms with Crippen molar-refractivity contribution in [2.45, 2.75) is 23.4 Å². The first kappa shape index (κ1) is 12.7. The van der Waals surface area contributed by atoms with Crippen LogP contribution in [-0.4, -0.2) is 19.4 Å². The first-order valence-electron chi connectivity index (χ1n) is 4.65. The van der Waals surface area contributed by atoms with Crippen molar-refractivity contribution in [3.05, 3.63) is 35.9 Å². The van der Waals surface area contributed by atoms with Gasteiger partial charge < -0.3 is 0 Å². The lowest BCUT2D eigenvalue weighted by atomic mass is 10.0. The average molecular weight is 291 g/mol. The van der Waals surface area contributed by atoms with E-state index < -0.39 is 14.6 Å². The van der Waals surface area contributed by atoms with E-state index >= 15 is 0 Å². The summed E-state index contributed by atoms with van der Waals surface area (Å²) in [4.78, 5) is -0.193. The highest BCUT2D eigenvalue weighted by Crippen LogP contribution is 2.38. The summed E-state index contributed by atoms with van der Waals surface area (Å²) in [6, 6.07) is 9.57. The first-order valence-corrected chi connectivity index (χ1v) is 7.46. The van der Waals surface area contributed by atoms with Gasteiger partial charge >= 0.3 is 0 Å². The van der Waals surface area contributed by atoms with Crippen LogP contribution < -0.4 is 0 Å². The van der Waals surface area contributed by atoms with Crippen LogP contribution in [0.25, 0.3) is 0 Å². The highest BCUT2D eigenvalue weighted by Gasteiger charge is 2.38. The van der Waals surface area contributed by atoms with E-state index in [-0.39, 0.29) is 4.83 Å². The van der Waals surface area contributed by atoms with Crippen LogP contribution in [0.3, 0.4) is 0 Å². The average Bonchev–Trinajstić information content (AvgIpc) is 2.16. The van der Waals surface area contributed by atoms with Crippen molar-refractivity contribution >= 4 is 25.8 Å². The SMILES string of the molecule is CC(C)(C(Br)c1ccccc1)S(C)(=O)=O. The Bertz CT molecular complexity index is 423. The minimum Gasteiger partial charge on any atom is -0.229 e. The fraction of sp³-hybridized carbons (Fsp3) is 0.455. The summed E-state index contributed by atoms with van der Waals surface area (Å²) in [5.41, 5.74) is 0.980. The molecule has 1 unspecified atom stereocenters. The van der Waals surface area contributed by atoms with Crippen LogP contribution in [-0.2, 0) is 9.84 Å². The molecule has 1 aromatic rings. The predicted octanol–water partition coefficient (Wildman–Crippen LogP) is 2.95. The van der Waals surface area contributed by atoms with Crippen molar-refractivity contribution in [1.29, 1.82) is 0 Å². The summed E-state index contributed by atoms with van der Waals surface area (Å²) < 4.78 is 22.5. The molecule has 0 radical (unpaired) electrons. The molecule has 84 valence electrons. The number of hydrogen-bond acceptors (Lipinski definition) is 2. The number of sulfone groups is 1. The van der Waals surface area contributed by atoms with Crippen LogP contribution in [0.2, 0.25) is 0 Å². The smallest absolute Gasteiger partial charge is 0.154 e. The fourth-order valence-electron chi connectivity index (χ4n) is 1.21. The van der Waals surface area contributed by atoms with Crippen LogP contribution in [0.1, 0.15) is 24.2 Å². The molecule has 0 N–H and O–H groups in total. The number of halogens is 1. The number of hydrogen-bond donors (Lipinski definition) is 0. The van der Waals surface area contributed by atoms with E-state index in [9.17, 15) is 8.42 Å². The van der Waals surface area contributed by atoms with Gasteiger partial charge in [0.2, 0.25) is 0 Å². The molecule has 0 saturated heterocycles. The minimum atomic E-state index is -3.10. The van der Waals surface area contributed by atoms with E-state index in [0.717, 1.165) is 5.56 Å². The standard InChI is InChI=1S/C11H15BrO2S/c1-11(2,15(3,13)14)10(12)9-7-5-4-6-8-9/h4-8,10H,1-3H3. The van der Waals surface area contributed by atoms with Crippen molar-refractivity contribution in [3.63, 3.8) is 0 Å². The molecule has 0 amide bonds. The summed E-state index contributed by atoms with van der Waals surface area (Å²) in [6.45, 7) is 3.46. The Morgan fingerprint density at radius 1 is 1.20 bits per heavy atom. The molecule has 0 aliphatic heterocycles. The normalized spacial score (nSPS) is 14.9. The molecule has 1 rings (SSSR count). The summed E-state index contributed by atoms with van der Waals surface area (Å²) in [7, 11) is -3.10. The van der Waals surface area contributed by atoms with E-state index in [1.54, 1.807) is 13.8 Å². The highest BCUT2D eigenvalue weighted by molar-refractivity contribution is 9.09. The lowest BCUT2D eigenvalue weighted by Gasteiger charge is -2.28. The Kier molecular flexibility index (Phi) is 3.61. The van der Waals surface area contributed by atoms with E-state index in [2.05, 4.69) is 15.9 Å². The van der Waals surface area contributed by atoms with Crippen molar-refractivity contribution in [2.24, 2.45) is 0 Å². The van der Waals surface area contributed by atoms with Gasteiger partial charge in [-0.25, -0.2) is 8.42 Å². The van der Waals surface area contributed by atoms with Crippen LogP contribution in [0.4, 0.5) is 0 Å². The van der Waals surface area contributed by atoms with Crippen molar-refractivity contribution in [3.8, 4) is 0 Å². The lowest BCUT2D eigenvalue weighted by Crippen LogP contribution is -2.35. The molecule has 1 atom stereocenters. The van der Waals surface area contributed by atoms with Crippen molar-refractivity contribution in [1.82, 2.24) is 0 Å². The second-order valence-corrected chi connectivity index (χ2v) is 7.66. The number of alkyl halides is 1. The Morgan fingerprint density at radius 2 is 1.67 bits per heavy atom. The molecule has 2 nitrogen and oxygen atoms in total. The monoisotopic (exact) mass is 290 g/mol. The quantitative estimate of drug-likeness (QED) is 0.802. The van der Waals surface area contributed by atoms with Crippen LogP contribution in [0.15, 0.2) is 30.3 Å². The summed E-state index contributed by atoms with van der Waals surface area (Å²) in [5, 5.41) is 0. The van der Waals surface area contributed by atoms with Gasteiger partial charge in [-0.1, -0.05) is 46.3 Å². The maximum absolute atomic E-state index is 11.6. The maximum Gasteiger partial charge on any atom is 0.154 e. The molecule has 0 spiro atoms. The Labute approximate surface area is 99.7 Å². The van der Waals surface area contributed by atoms with Crippen LogP contribution >= 0.6 is 15.9 Å². The van der Waals surface area contributed by atoms with Gasteiger partial charge in [-0.3, -0.25) is 0 Å². The molecule has 15 heavy (non-hydrogen) atoms. The Hall–Kier alpha value is -0.350. The third-order valence-electron chi connectivity index (χ3n) is 2.66. The van der Waals surface area contributed by atoms with E-state index in [1.807, 2.05) is 30.3 Å². The zero-order valence-corrected chi connectivity index (χ0v) is 11.5. The van der Waals surface area contributed by atoms with Gasteiger partial charge in [-0.05, 0) is 19.4 Å². The van der Waals surface area contributed by atoms with Gasteiger partial charge in [-0.15, -0.1) is 0 Å². The molecule has 0 fully saturated rings. The van der Waals surface area contributed by atoms with Crippen molar-refractivity contribution in [2.75, 3.05) is 6.26 Å². The molecule has 4 heteroatoms. The second-order valence-electron chi connectivity index (χ2n) is 4.15. The van der Waals surface area contributed by atoms with Gasteiger partial charge in [0.05, 0.1) is 9.57 Å². The Morgan fingerprint density at radius 3 is 2.07 bits per heavy atom. The van der Waals surface area contributed by atoms with Gasteiger partial charge in [0.15, 0.2) is 9.84 Å². The molecule has 0 aliphatic carbocycles. The molecule has 0 bridgehead atoms. The van der Waals surface area contributed by atoms with Crippen molar-refractivity contribution < 1.29 is 8.42 Å². The third kappa shape index (κ3) is 2.61. The van der Waals surface area contributed by atoms with E-state index in [0.29, 0.717) is 0 Å². The predicted molar refractivity (Wildman–Crippen MR) is 67.0 cm³/mol. The van der Waals surface area contributed by atoms with Gasteiger partial charge in [0, 0.05) is 6.26 Å². The molecule has 0 saturated carbocycles. The molecule has 0 aromatic heterocycles. The summed E-state index contributed by atoms with van der Waals surface area (Å²) in [5.74, 6) is 0. The maximum atomic E-state index is 11.6. The molecule has 1 aromatic carbocycles. The third-order valence-corrected chi connectivity index (χ3v) is 6.78. The molecular weight excluding hydrogens is 276 g/mol. The first-order chi connectivity index (χ1) is 6.77. The zero-order valence-electron chi connectivity index (χ0n) is 9.07. The van der Waals surface area contributed by atoms with Gasteiger partial charge in [0.25, 0.3) is 0 Å². The summed E-state index contributed by atoms with van der Waals surface area (Å²) in [6.07, 6.45) is 1.27. The zero-order chi connectivity index (χ0) is 11.7. The lowest BCUT2D eigenvalue weighted by molar-refractivity contribution is 0.548. The van der Waals surface area contributed by atoms with Gasteiger partial charge in [-0.2, -0.15) is 0 Å². The fourth-order valence-corrected chi connectivity index (χ4v) is 3.05. The van der Waals surface area contributed by atoms with Crippen LogP contribution in [0, 0.1) is 0 Å². The summed E-state index contributed by atoms with van der Waals surface area (Å²) >= 11 is 3.46. The molecular formula is C11H15BrO2S. The highest BCUT2D eigenvalue weighted by atomic mass is 79.9. The van der Waals surface area contributed by atoms with E-state index in [1.165, 1.54) is 6.26 Å².